The summed E-state index contributed by atoms with van der Waals surface area (Å²) in [6.07, 6.45) is 0.371. The summed E-state index contributed by atoms with van der Waals surface area (Å²) in [6.45, 7) is 3.26. The number of aryl methyl sites for hydroxylation is 1. The van der Waals surface area contributed by atoms with E-state index in [2.05, 4.69) is 5.32 Å². The molecule has 0 fully saturated rings. The zero-order valence-electron chi connectivity index (χ0n) is 9.98. The average molecular weight is 237 g/mol. The van der Waals surface area contributed by atoms with Crippen LogP contribution in [-0.2, 0) is 15.1 Å². The summed E-state index contributed by atoms with van der Waals surface area (Å²) < 4.78 is 5.12. The summed E-state index contributed by atoms with van der Waals surface area (Å²) in [5.74, 6) is -0.719. The highest BCUT2D eigenvalue weighted by Gasteiger charge is 2.37. The van der Waals surface area contributed by atoms with Crippen LogP contribution in [0.1, 0.15) is 18.1 Å². The normalized spacial score (nSPS) is 13.6. The van der Waals surface area contributed by atoms with Crippen molar-refractivity contribution in [3.05, 3.63) is 29.3 Å². The summed E-state index contributed by atoms with van der Waals surface area (Å²) in [5.41, 5.74) is -0.195. The second-order valence-electron chi connectivity index (χ2n) is 3.90. The average Bonchev–Trinajstić information content (AvgIpc) is 2.29. The highest BCUT2D eigenvalue weighted by atomic mass is 16.5. The van der Waals surface area contributed by atoms with Crippen LogP contribution in [0.15, 0.2) is 18.2 Å². The second kappa shape index (κ2) is 4.86. The first kappa shape index (κ1) is 13.0. The Morgan fingerprint density at radius 2 is 2.18 bits per heavy atom. The minimum absolute atomic E-state index is 0.371. The van der Waals surface area contributed by atoms with E-state index >= 15 is 0 Å². The van der Waals surface area contributed by atoms with E-state index in [1.54, 1.807) is 12.1 Å². The summed E-state index contributed by atoms with van der Waals surface area (Å²) >= 11 is 0. The van der Waals surface area contributed by atoms with E-state index in [1.165, 1.54) is 14.0 Å². The van der Waals surface area contributed by atoms with Gasteiger partial charge in [0.05, 0.1) is 7.11 Å². The van der Waals surface area contributed by atoms with Gasteiger partial charge in [0.2, 0.25) is 6.41 Å². The molecule has 0 saturated heterocycles. The number of ether oxygens (including phenoxy) is 1. The maximum atomic E-state index is 11.3. The molecule has 0 heterocycles. The van der Waals surface area contributed by atoms with Gasteiger partial charge in [-0.3, -0.25) is 4.79 Å². The summed E-state index contributed by atoms with van der Waals surface area (Å²) in [5, 5.41) is 11.6. The van der Waals surface area contributed by atoms with Gasteiger partial charge in [-0.05, 0) is 26.0 Å². The third-order valence-electron chi connectivity index (χ3n) is 2.67. The highest BCUT2D eigenvalue weighted by molar-refractivity contribution is 5.83. The van der Waals surface area contributed by atoms with Crippen molar-refractivity contribution in [3.8, 4) is 5.75 Å². The number of benzene rings is 1. The molecule has 0 aliphatic carbocycles. The van der Waals surface area contributed by atoms with Gasteiger partial charge in [-0.2, -0.15) is 0 Å². The van der Waals surface area contributed by atoms with Gasteiger partial charge < -0.3 is 15.2 Å². The molecule has 0 bridgehead atoms. The van der Waals surface area contributed by atoms with E-state index in [9.17, 15) is 14.7 Å². The molecule has 92 valence electrons. The van der Waals surface area contributed by atoms with Crippen LogP contribution >= 0.6 is 0 Å². The van der Waals surface area contributed by atoms with Gasteiger partial charge in [0, 0.05) is 5.56 Å². The Balaban J connectivity index is 3.40. The maximum Gasteiger partial charge on any atom is 0.333 e. The first-order valence-corrected chi connectivity index (χ1v) is 5.05. The van der Waals surface area contributed by atoms with Gasteiger partial charge >= 0.3 is 5.97 Å². The molecule has 1 amide bonds. The SMILES string of the molecule is COc1ccc(C)cc1C(C)(NC=O)C(=O)O. The topological polar surface area (TPSA) is 75.6 Å². The molecule has 1 atom stereocenters. The lowest BCUT2D eigenvalue weighted by molar-refractivity contribution is -0.146. The number of carboxylic acids is 1. The molecular weight excluding hydrogens is 222 g/mol. The monoisotopic (exact) mass is 237 g/mol. The Hall–Kier alpha value is -2.04. The first-order chi connectivity index (χ1) is 7.95. The zero-order valence-corrected chi connectivity index (χ0v) is 9.98. The molecule has 1 unspecified atom stereocenters. The Bertz CT molecular complexity index is 444. The number of aliphatic carboxylic acids is 1. The number of hydrogen-bond acceptors (Lipinski definition) is 3. The summed E-state index contributed by atoms with van der Waals surface area (Å²) in [4.78, 5) is 21.9. The van der Waals surface area contributed by atoms with Crippen LogP contribution in [0.2, 0.25) is 0 Å². The molecule has 2 N–H and O–H groups in total. The van der Waals surface area contributed by atoms with Crippen molar-refractivity contribution >= 4 is 12.4 Å². The van der Waals surface area contributed by atoms with E-state index < -0.39 is 11.5 Å². The number of hydrogen-bond donors (Lipinski definition) is 2. The molecule has 0 radical (unpaired) electrons. The number of carboxylic acid groups (broad SMARTS) is 1. The predicted molar refractivity (Wildman–Crippen MR) is 61.9 cm³/mol. The lowest BCUT2D eigenvalue weighted by atomic mass is 9.90. The van der Waals surface area contributed by atoms with Crippen LogP contribution in [0, 0.1) is 6.92 Å². The van der Waals surface area contributed by atoms with E-state index in [0.29, 0.717) is 17.7 Å². The maximum absolute atomic E-state index is 11.3. The number of carbonyl (C=O) groups excluding carboxylic acids is 1. The van der Waals surface area contributed by atoms with Crippen molar-refractivity contribution in [2.45, 2.75) is 19.4 Å². The molecule has 5 heteroatoms. The fraction of sp³-hybridized carbons (Fsp3) is 0.333. The smallest absolute Gasteiger partial charge is 0.333 e. The number of carbonyl (C=O) groups is 2. The zero-order chi connectivity index (χ0) is 13.1. The Morgan fingerprint density at radius 3 is 2.65 bits per heavy atom. The fourth-order valence-electron chi connectivity index (χ4n) is 1.59. The van der Waals surface area contributed by atoms with E-state index in [0.717, 1.165) is 5.56 Å². The molecule has 0 saturated carbocycles. The molecular formula is C12H15NO4. The Kier molecular flexibility index (Phi) is 3.73. The minimum atomic E-state index is -1.50. The van der Waals surface area contributed by atoms with Gasteiger partial charge in [0.25, 0.3) is 0 Å². The third kappa shape index (κ3) is 2.38. The molecule has 0 aliphatic heterocycles. The van der Waals surface area contributed by atoms with Gasteiger partial charge in [-0.1, -0.05) is 11.6 Å². The first-order valence-electron chi connectivity index (χ1n) is 5.05. The standard InChI is InChI=1S/C12H15NO4/c1-8-4-5-10(17-3)9(6-8)12(2,11(15)16)13-7-14/h4-7H,1-3H3,(H,13,14)(H,15,16). The van der Waals surface area contributed by atoms with E-state index in [4.69, 9.17) is 4.74 Å². The van der Waals surface area contributed by atoms with Crippen molar-refractivity contribution in [2.24, 2.45) is 0 Å². The summed E-state index contributed by atoms with van der Waals surface area (Å²) in [7, 11) is 1.46. The Morgan fingerprint density at radius 1 is 1.53 bits per heavy atom. The van der Waals surface area contributed by atoms with Crippen LogP contribution in [-0.4, -0.2) is 24.6 Å². The largest absolute Gasteiger partial charge is 0.496 e. The van der Waals surface area contributed by atoms with Crippen molar-refractivity contribution in [2.75, 3.05) is 7.11 Å². The van der Waals surface area contributed by atoms with Crippen molar-refractivity contribution in [3.63, 3.8) is 0 Å². The molecule has 5 nitrogen and oxygen atoms in total. The predicted octanol–water partition coefficient (Wildman–Crippen LogP) is 1.05. The Labute approximate surface area is 99.4 Å². The van der Waals surface area contributed by atoms with Gasteiger partial charge in [-0.25, -0.2) is 4.79 Å². The molecule has 17 heavy (non-hydrogen) atoms. The minimum Gasteiger partial charge on any atom is -0.496 e. The van der Waals surface area contributed by atoms with Gasteiger partial charge in [0.1, 0.15) is 5.75 Å². The summed E-state index contributed by atoms with van der Waals surface area (Å²) in [6, 6.07) is 5.17. The molecule has 0 spiro atoms. The van der Waals surface area contributed by atoms with Gasteiger partial charge in [0.15, 0.2) is 5.54 Å². The van der Waals surface area contributed by atoms with E-state index in [1.807, 2.05) is 13.0 Å². The van der Waals surface area contributed by atoms with Gasteiger partial charge in [-0.15, -0.1) is 0 Å². The van der Waals surface area contributed by atoms with Crippen LogP contribution in [0.25, 0.3) is 0 Å². The molecule has 1 aromatic carbocycles. The lowest BCUT2D eigenvalue weighted by Crippen LogP contribution is -2.46. The van der Waals surface area contributed by atoms with E-state index in [-0.39, 0.29) is 0 Å². The molecule has 1 rings (SSSR count). The number of rotatable bonds is 5. The number of methoxy groups -OCH3 is 1. The van der Waals surface area contributed by atoms with Crippen molar-refractivity contribution in [1.82, 2.24) is 5.32 Å². The highest BCUT2D eigenvalue weighted by Crippen LogP contribution is 2.30. The fourth-order valence-corrected chi connectivity index (χ4v) is 1.59. The molecule has 1 aromatic rings. The van der Waals surface area contributed by atoms with Crippen molar-refractivity contribution < 1.29 is 19.4 Å². The second-order valence-corrected chi connectivity index (χ2v) is 3.90. The van der Waals surface area contributed by atoms with Crippen molar-refractivity contribution in [1.29, 1.82) is 0 Å². The van der Waals surface area contributed by atoms with Crippen LogP contribution < -0.4 is 10.1 Å². The molecule has 0 aliphatic rings. The lowest BCUT2D eigenvalue weighted by Gasteiger charge is -2.26. The molecule has 0 aromatic heterocycles. The third-order valence-corrected chi connectivity index (χ3v) is 2.67. The van der Waals surface area contributed by atoms with Crippen LogP contribution in [0.5, 0.6) is 5.75 Å². The number of nitrogens with one attached hydrogen (secondary N) is 1. The quantitative estimate of drug-likeness (QED) is 0.750. The number of amides is 1. The van der Waals surface area contributed by atoms with Crippen LogP contribution in [0.4, 0.5) is 0 Å². The van der Waals surface area contributed by atoms with Crippen LogP contribution in [0.3, 0.4) is 0 Å².